The highest BCUT2D eigenvalue weighted by Crippen LogP contribution is 1.96. The van der Waals surface area contributed by atoms with E-state index in [0.29, 0.717) is 18.7 Å². The summed E-state index contributed by atoms with van der Waals surface area (Å²) in [5, 5.41) is 8.94. The quantitative estimate of drug-likeness (QED) is 0.374. The summed E-state index contributed by atoms with van der Waals surface area (Å²) in [7, 11) is -3.46. The molecule has 0 heterocycles. The minimum atomic E-state index is -3.46. The summed E-state index contributed by atoms with van der Waals surface area (Å²) in [6, 6.07) is 0. The molecular formula is C7H15ClN2O4S. The van der Waals surface area contributed by atoms with Crippen LogP contribution in [-0.2, 0) is 14.8 Å². The highest BCUT2D eigenvalue weighted by molar-refractivity contribution is 7.89. The summed E-state index contributed by atoms with van der Waals surface area (Å²) in [5.74, 6) is -0.636. The number of nitrogens with two attached hydrogens (primary N) is 1. The smallest absolute Gasteiger partial charge is 0.247 e. The van der Waals surface area contributed by atoms with Gasteiger partial charge in [-0.3, -0.25) is 4.79 Å². The van der Waals surface area contributed by atoms with Crippen LogP contribution in [0.25, 0.3) is 0 Å². The first kappa shape index (κ1) is 14.6. The van der Waals surface area contributed by atoms with Gasteiger partial charge in [0.2, 0.25) is 15.9 Å². The van der Waals surface area contributed by atoms with Gasteiger partial charge in [0.15, 0.2) is 0 Å². The molecule has 0 aromatic carbocycles. The summed E-state index contributed by atoms with van der Waals surface area (Å²) in [6.45, 7) is -0.390. The molecule has 0 saturated heterocycles. The fourth-order valence-corrected chi connectivity index (χ4v) is 2.09. The van der Waals surface area contributed by atoms with E-state index in [1.807, 2.05) is 0 Å². The van der Waals surface area contributed by atoms with E-state index in [2.05, 4.69) is 4.72 Å². The van der Waals surface area contributed by atoms with Crippen molar-refractivity contribution < 1.29 is 18.3 Å². The molecule has 1 atom stereocenters. The lowest BCUT2D eigenvalue weighted by Crippen LogP contribution is -2.40. The first-order chi connectivity index (χ1) is 6.89. The van der Waals surface area contributed by atoms with Crippen molar-refractivity contribution in [2.45, 2.75) is 18.9 Å². The zero-order chi connectivity index (χ0) is 11.9. The Kier molecular flexibility index (Phi) is 6.82. The number of carbonyl (C=O) groups is 1. The summed E-state index contributed by atoms with van der Waals surface area (Å²) in [5.41, 5.74) is 4.75. The fraction of sp³-hybridized carbons (Fsp3) is 0.857. The molecule has 0 radical (unpaired) electrons. The Bertz CT molecular complexity index is 293. The van der Waals surface area contributed by atoms with E-state index in [1.165, 1.54) is 0 Å². The van der Waals surface area contributed by atoms with Crippen LogP contribution < -0.4 is 10.5 Å². The third-order valence-electron chi connectivity index (χ3n) is 1.62. The molecule has 0 fully saturated rings. The van der Waals surface area contributed by atoms with Crippen molar-refractivity contribution in [3.63, 3.8) is 0 Å². The van der Waals surface area contributed by atoms with E-state index in [1.54, 1.807) is 0 Å². The van der Waals surface area contributed by atoms with Gasteiger partial charge in [-0.15, -0.1) is 11.6 Å². The number of unbranched alkanes of at least 4 members (excludes halogenated alkanes) is 1. The lowest BCUT2D eigenvalue weighted by molar-refractivity contribution is -0.125. The molecule has 1 amide bonds. The molecule has 0 aromatic heterocycles. The maximum absolute atomic E-state index is 11.2. The number of amides is 1. The average Bonchev–Trinajstić information content (AvgIpc) is 2.14. The second kappa shape index (κ2) is 7.00. The van der Waals surface area contributed by atoms with Gasteiger partial charge >= 0.3 is 0 Å². The van der Waals surface area contributed by atoms with Crippen molar-refractivity contribution >= 4 is 27.5 Å². The summed E-state index contributed by atoms with van der Waals surface area (Å²) >= 11 is 5.38. The topological polar surface area (TPSA) is 109 Å². The van der Waals surface area contributed by atoms with E-state index in [9.17, 15) is 13.2 Å². The van der Waals surface area contributed by atoms with Gasteiger partial charge in [0.1, 0.15) is 6.10 Å². The van der Waals surface area contributed by atoms with E-state index < -0.39 is 28.6 Å². The van der Waals surface area contributed by atoms with Crippen LogP contribution in [0.2, 0.25) is 0 Å². The summed E-state index contributed by atoms with van der Waals surface area (Å²) in [6.07, 6.45) is -0.459. The van der Waals surface area contributed by atoms with Crippen molar-refractivity contribution in [2.75, 3.05) is 18.2 Å². The fourth-order valence-electron chi connectivity index (χ4n) is 0.765. The second-order valence-corrected chi connectivity index (χ2v) is 5.29. The molecule has 0 aliphatic rings. The lowest BCUT2D eigenvalue weighted by atomic mass is 10.3. The van der Waals surface area contributed by atoms with E-state index in [-0.39, 0.29) is 5.75 Å². The SMILES string of the molecule is NC(=O)C(O)CNS(=O)(=O)CCCCCl. The third kappa shape index (κ3) is 7.55. The maximum Gasteiger partial charge on any atom is 0.247 e. The number of hydrogen-bond acceptors (Lipinski definition) is 4. The van der Waals surface area contributed by atoms with Crippen molar-refractivity contribution in [1.29, 1.82) is 0 Å². The summed E-state index contributed by atoms with van der Waals surface area (Å²) in [4.78, 5) is 10.4. The van der Waals surface area contributed by atoms with Crippen LogP contribution in [0, 0.1) is 0 Å². The molecule has 0 bridgehead atoms. The first-order valence-electron chi connectivity index (χ1n) is 4.39. The van der Waals surface area contributed by atoms with E-state index >= 15 is 0 Å². The molecule has 0 saturated carbocycles. The van der Waals surface area contributed by atoms with Gasteiger partial charge in [-0.05, 0) is 12.8 Å². The largest absolute Gasteiger partial charge is 0.382 e. The minimum absolute atomic E-state index is 0.0782. The molecule has 0 rings (SSSR count). The lowest BCUT2D eigenvalue weighted by Gasteiger charge is -2.08. The number of halogens is 1. The number of carbonyl (C=O) groups excluding carboxylic acids is 1. The number of nitrogens with one attached hydrogen (secondary N) is 1. The maximum atomic E-state index is 11.2. The number of hydrogen-bond donors (Lipinski definition) is 3. The van der Waals surface area contributed by atoms with Crippen LogP contribution in [0.5, 0.6) is 0 Å². The molecule has 0 aliphatic carbocycles. The minimum Gasteiger partial charge on any atom is -0.382 e. The van der Waals surface area contributed by atoms with Crippen molar-refractivity contribution in [3.8, 4) is 0 Å². The van der Waals surface area contributed by atoms with Crippen molar-refractivity contribution in [2.24, 2.45) is 5.73 Å². The molecule has 0 spiro atoms. The van der Waals surface area contributed by atoms with Crippen molar-refractivity contribution in [3.05, 3.63) is 0 Å². The molecule has 4 N–H and O–H groups in total. The van der Waals surface area contributed by atoms with Crippen LogP contribution in [0.3, 0.4) is 0 Å². The number of sulfonamides is 1. The second-order valence-electron chi connectivity index (χ2n) is 2.98. The van der Waals surface area contributed by atoms with Gasteiger partial charge in [-0.25, -0.2) is 13.1 Å². The Labute approximate surface area is 93.8 Å². The van der Waals surface area contributed by atoms with Crippen molar-refractivity contribution in [1.82, 2.24) is 4.72 Å². The predicted octanol–water partition coefficient (Wildman–Crippen LogP) is -1.23. The Morgan fingerprint density at radius 1 is 1.47 bits per heavy atom. The zero-order valence-corrected chi connectivity index (χ0v) is 9.72. The van der Waals surface area contributed by atoms with Gasteiger partial charge in [-0.1, -0.05) is 0 Å². The van der Waals surface area contributed by atoms with E-state index in [4.69, 9.17) is 22.4 Å². The molecule has 1 unspecified atom stereocenters. The molecule has 15 heavy (non-hydrogen) atoms. The number of rotatable bonds is 8. The standard InChI is InChI=1S/C7H15ClN2O4S/c8-3-1-2-4-15(13,14)10-5-6(11)7(9)12/h6,10-11H,1-5H2,(H2,9,12). The molecule has 8 heteroatoms. The molecule has 6 nitrogen and oxygen atoms in total. The predicted molar refractivity (Wildman–Crippen MR) is 56.9 cm³/mol. The zero-order valence-electron chi connectivity index (χ0n) is 8.15. The van der Waals surface area contributed by atoms with Gasteiger partial charge < -0.3 is 10.8 Å². The van der Waals surface area contributed by atoms with Crippen LogP contribution in [0.15, 0.2) is 0 Å². The third-order valence-corrected chi connectivity index (χ3v) is 3.32. The monoisotopic (exact) mass is 258 g/mol. The highest BCUT2D eigenvalue weighted by atomic mass is 35.5. The molecule has 90 valence electrons. The molecule has 0 aromatic rings. The van der Waals surface area contributed by atoms with Gasteiger partial charge in [0.05, 0.1) is 5.75 Å². The number of aliphatic hydroxyl groups is 1. The normalized spacial score (nSPS) is 13.7. The Balaban J connectivity index is 3.89. The van der Waals surface area contributed by atoms with Gasteiger partial charge in [0, 0.05) is 12.4 Å². The first-order valence-corrected chi connectivity index (χ1v) is 6.58. The molecule has 0 aliphatic heterocycles. The average molecular weight is 259 g/mol. The van der Waals surface area contributed by atoms with Crippen LogP contribution in [-0.4, -0.2) is 43.7 Å². The Morgan fingerprint density at radius 3 is 2.53 bits per heavy atom. The van der Waals surface area contributed by atoms with Crippen LogP contribution >= 0.6 is 11.6 Å². The number of primary amides is 1. The number of alkyl halides is 1. The molecular weight excluding hydrogens is 244 g/mol. The van der Waals surface area contributed by atoms with Gasteiger partial charge in [-0.2, -0.15) is 0 Å². The Hall–Kier alpha value is -0.370. The Morgan fingerprint density at radius 2 is 2.07 bits per heavy atom. The van der Waals surface area contributed by atoms with Gasteiger partial charge in [0.25, 0.3) is 0 Å². The van der Waals surface area contributed by atoms with Crippen LogP contribution in [0.1, 0.15) is 12.8 Å². The summed E-state index contributed by atoms with van der Waals surface area (Å²) < 4.78 is 24.5. The highest BCUT2D eigenvalue weighted by Gasteiger charge is 2.15. The number of aliphatic hydroxyl groups excluding tert-OH is 1. The van der Waals surface area contributed by atoms with E-state index in [0.717, 1.165) is 0 Å². The van der Waals surface area contributed by atoms with Crippen LogP contribution in [0.4, 0.5) is 0 Å².